The molecule has 0 saturated heterocycles. The van der Waals surface area contributed by atoms with Gasteiger partial charge in [0.1, 0.15) is 5.60 Å². The number of esters is 2. The predicted molar refractivity (Wildman–Crippen MR) is 191 cm³/mol. The molecule has 5 nitrogen and oxygen atoms in total. The van der Waals surface area contributed by atoms with Crippen molar-refractivity contribution in [3.8, 4) is 0 Å². The Hall–Kier alpha value is -2.17. The van der Waals surface area contributed by atoms with Crippen LogP contribution in [0.25, 0.3) is 0 Å². The van der Waals surface area contributed by atoms with Crippen molar-refractivity contribution >= 4 is 17.7 Å². The van der Waals surface area contributed by atoms with E-state index in [1.807, 2.05) is 27.7 Å². The third-order valence-electron chi connectivity index (χ3n) is 15.2. The molecule has 0 aliphatic heterocycles. The Bertz CT molecular complexity index is 1470. The Morgan fingerprint density at radius 1 is 0.917 bits per heavy atom. The summed E-state index contributed by atoms with van der Waals surface area (Å²) in [5, 5.41) is 0. The van der Waals surface area contributed by atoms with E-state index in [1.165, 1.54) is 29.6 Å². The van der Waals surface area contributed by atoms with Crippen LogP contribution in [-0.4, -0.2) is 29.9 Å². The van der Waals surface area contributed by atoms with Gasteiger partial charge in [0.25, 0.3) is 0 Å². The molecule has 6 aliphatic carbocycles. The lowest BCUT2D eigenvalue weighted by Gasteiger charge is -2.71. The zero-order chi connectivity index (χ0) is 35.2. The maximum atomic E-state index is 14.2. The fourth-order valence-corrected chi connectivity index (χ4v) is 12.9. The Labute approximate surface area is 291 Å². The zero-order valence-corrected chi connectivity index (χ0v) is 32.1. The first-order chi connectivity index (χ1) is 22.3. The van der Waals surface area contributed by atoms with Gasteiger partial charge in [0.2, 0.25) is 0 Å². The van der Waals surface area contributed by atoms with Gasteiger partial charge in [-0.3, -0.25) is 14.4 Å². The minimum Gasteiger partial charge on any atom is -0.466 e. The van der Waals surface area contributed by atoms with Gasteiger partial charge in [-0.05, 0) is 160 Å². The van der Waals surface area contributed by atoms with Crippen LogP contribution in [0.5, 0.6) is 0 Å². The summed E-state index contributed by atoms with van der Waals surface area (Å²) in [6.45, 7) is 25.2. The maximum Gasteiger partial charge on any atom is 0.317 e. The highest BCUT2D eigenvalue weighted by atomic mass is 16.6. The van der Waals surface area contributed by atoms with Crippen LogP contribution in [0.3, 0.4) is 0 Å². The van der Waals surface area contributed by atoms with Gasteiger partial charge in [-0.1, -0.05) is 60.6 Å². The average molecular weight is 661 g/mol. The quantitative estimate of drug-likeness (QED) is 0.275. The van der Waals surface area contributed by atoms with Crippen molar-refractivity contribution in [2.75, 3.05) is 6.61 Å². The number of allylic oxidation sites excluding steroid dienone is 5. The van der Waals surface area contributed by atoms with Crippen molar-refractivity contribution in [3.63, 3.8) is 0 Å². The predicted octanol–water partition coefficient (Wildman–Crippen LogP) is 10.1. The van der Waals surface area contributed by atoms with Crippen LogP contribution >= 0.6 is 0 Å². The molecule has 0 radical (unpaired) electrons. The molecular weight excluding hydrogens is 596 g/mol. The molecule has 0 bridgehead atoms. The van der Waals surface area contributed by atoms with Crippen LogP contribution in [0.1, 0.15) is 147 Å². The fraction of sp³-hybridized carbons (Fsp3) is 0.791. The molecule has 266 valence electrons. The first kappa shape index (κ1) is 35.6. The van der Waals surface area contributed by atoms with Gasteiger partial charge < -0.3 is 9.47 Å². The van der Waals surface area contributed by atoms with Crippen molar-refractivity contribution < 1.29 is 23.9 Å². The summed E-state index contributed by atoms with van der Waals surface area (Å²) in [6, 6.07) is 0. The van der Waals surface area contributed by atoms with E-state index in [-0.39, 0.29) is 63.6 Å². The number of carbonyl (C=O) groups is 3. The Kier molecular flexibility index (Phi) is 8.68. The van der Waals surface area contributed by atoms with Crippen LogP contribution in [0.4, 0.5) is 0 Å². The molecule has 0 N–H and O–H groups in total. The smallest absolute Gasteiger partial charge is 0.317 e. The average Bonchev–Trinajstić information content (AvgIpc) is 3.30. The second-order valence-electron chi connectivity index (χ2n) is 19.3. The maximum absolute atomic E-state index is 14.2. The monoisotopic (exact) mass is 660 g/mol. The van der Waals surface area contributed by atoms with Crippen LogP contribution < -0.4 is 0 Å². The highest BCUT2D eigenvalue weighted by Gasteiger charge is 2.70. The summed E-state index contributed by atoms with van der Waals surface area (Å²) in [7, 11) is 0. The van der Waals surface area contributed by atoms with E-state index in [4.69, 9.17) is 9.47 Å². The number of hydrogen-bond donors (Lipinski definition) is 0. The molecule has 0 spiro atoms. The fourth-order valence-electron chi connectivity index (χ4n) is 12.9. The number of hydrogen-bond acceptors (Lipinski definition) is 5. The third-order valence-corrected chi connectivity index (χ3v) is 15.2. The van der Waals surface area contributed by atoms with E-state index in [0.29, 0.717) is 24.9 Å². The number of ketones is 1. The molecule has 3 fully saturated rings. The number of Topliss-reactive ketones (excluding diaryl/α,β-unsaturated/α-hetero) is 1. The number of ether oxygens (including phenoxy) is 2. The van der Waals surface area contributed by atoms with Gasteiger partial charge in [0.15, 0.2) is 5.78 Å². The molecule has 8 atom stereocenters. The zero-order valence-electron chi connectivity index (χ0n) is 32.1. The molecule has 0 heterocycles. The first-order valence-corrected chi connectivity index (χ1v) is 19.3. The van der Waals surface area contributed by atoms with Gasteiger partial charge in [-0.25, -0.2) is 0 Å². The van der Waals surface area contributed by atoms with Gasteiger partial charge in [-0.15, -0.1) is 0 Å². The standard InChI is InChI=1S/C43H64O5/c1-12-47-36(45)28-15-13-27(14-16-28)29-19-21-40(9)32(39(29,7)8)20-22-42(11)33(40)18-17-30-35-34(26(2)3)31(44)25-43(35,24-23-41(30,42)10)37(46)48-38(4,5)6/h13,19,26,28,30,32-33H,12,14-18,20-25H2,1-11H3/t28?,30-,32+,33-,40+,41-,42-,43-/m1/s1. The summed E-state index contributed by atoms with van der Waals surface area (Å²) in [5.74, 6) is 1.43. The van der Waals surface area contributed by atoms with Crippen molar-refractivity contribution in [2.45, 2.75) is 152 Å². The summed E-state index contributed by atoms with van der Waals surface area (Å²) >= 11 is 0. The van der Waals surface area contributed by atoms with Gasteiger partial charge >= 0.3 is 11.9 Å². The van der Waals surface area contributed by atoms with Gasteiger partial charge in [0, 0.05) is 6.42 Å². The number of fused-ring (bicyclic) bond motifs is 7. The molecule has 1 unspecified atom stereocenters. The summed E-state index contributed by atoms with van der Waals surface area (Å²) < 4.78 is 11.5. The SMILES string of the molecule is CCOC(=O)C1CC=C(C2=CC[C@]3(C)[C@H]4CC[C@@H]5C6=C(C(C)C)C(=O)C[C@]6(C(=O)OC(C)(C)C)CC[C@@]5(C)[C@]4(C)CC[C@H]3C2(C)C)CC1. The lowest BCUT2D eigenvalue weighted by Crippen LogP contribution is -2.64. The Morgan fingerprint density at radius 3 is 2.23 bits per heavy atom. The van der Waals surface area contributed by atoms with Crippen molar-refractivity contribution in [1.82, 2.24) is 0 Å². The molecule has 3 saturated carbocycles. The van der Waals surface area contributed by atoms with Crippen LogP contribution in [-0.2, 0) is 23.9 Å². The topological polar surface area (TPSA) is 69.7 Å². The highest BCUT2D eigenvalue weighted by molar-refractivity contribution is 6.06. The minimum absolute atomic E-state index is 0.0105. The van der Waals surface area contributed by atoms with Crippen molar-refractivity contribution in [2.24, 2.45) is 56.7 Å². The highest BCUT2D eigenvalue weighted by Crippen LogP contribution is 2.77. The summed E-state index contributed by atoms with van der Waals surface area (Å²) in [4.78, 5) is 40.5. The normalized spacial score (nSPS) is 40.6. The van der Waals surface area contributed by atoms with Gasteiger partial charge in [0.05, 0.1) is 17.9 Å². The summed E-state index contributed by atoms with van der Waals surface area (Å²) in [5.41, 5.74) is 4.05. The third kappa shape index (κ3) is 5.08. The number of carbonyl (C=O) groups excluding carboxylic acids is 3. The van der Waals surface area contributed by atoms with E-state index in [2.05, 4.69) is 60.6 Å². The Balaban J connectivity index is 1.34. The van der Waals surface area contributed by atoms with Gasteiger partial charge in [-0.2, -0.15) is 0 Å². The molecule has 6 rings (SSSR count). The second-order valence-corrected chi connectivity index (χ2v) is 19.3. The molecule has 48 heavy (non-hydrogen) atoms. The van der Waals surface area contributed by atoms with E-state index in [0.717, 1.165) is 50.5 Å². The lowest BCUT2D eigenvalue weighted by molar-refractivity contribution is -0.203. The first-order valence-electron chi connectivity index (χ1n) is 19.3. The van der Waals surface area contributed by atoms with E-state index in [1.54, 1.807) is 0 Å². The molecule has 6 aliphatic rings. The minimum atomic E-state index is -0.803. The second kappa shape index (κ2) is 11.7. The van der Waals surface area contributed by atoms with Crippen molar-refractivity contribution in [3.05, 3.63) is 34.4 Å². The van der Waals surface area contributed by atoms with E-state index in [9.17, 15) is 14.4 Å². The molecular formula is C43H64O5. The van der Waals surface area contributed by atoms with E-state index < -0.39 is 11.0 Å². The lowest BCUT2D eigenvalue weighted by atomic mass is 9.33. The number of rotatable bonds is 5. The van der Waals surface area contributed by atoms with Crippen LogP contribution in [0.15, 0.2) is 34.4 Å². The molecule has 0 amide bonds. The molecule has 0 aromatic heterocycles. The molecule has 5 heteroatoms. The van der Waals surface area contributed by atoms with Crippen LogP contribution in [0.2, 0.25) is 0 Å². The van der Waals surface area contributed by atoms with Crippen molar-refractivity contribution in [1.29, 1.82) is 0 Å². The Morgan fingerprint density at radius 2 is 1.62 bits per heavy atom. The largest absolute Gasteiger partial charge is 0.466 e. The van der Waals surface area contributed by atoms with Crippen LogP contribution in [0, 0.1) is 56.7 Å². The molecule has 0 aromatic rings. The summed E-state index contributed by atoms with van der Waals surface area (Å²) in [6.07, 6.45) is 15.2. The molecule has 0 aromatic carbocycles. The van der Waals surface area contributed by atoms with E-state index >= 15 is 0 Å².